The van der Waals surface area contributed by atoms with Crippen molar-refractivity contribution >= 4 is 16.1 Å². The zero-order valence-electron chi connectivity index (χ0n) is 12.5. The fraction of sp³-hybridized carbons (Fsp3) is 0.188. The summed E-state index contributed by atoms with van der Waals surface area (Å²) in [4.78, 5) is 11.7. The molecule has 0 unspecified atom stereocenters. The number of rotatable bonds is 4. The second-order valence-corrected chi connectivity index (χ2v) is 6.61. The lowest BCUT2D eigenvalue weighted by Crippen LogP contribution is -2.12. The second kappa shape index (κ2) is 5.58. The van der Waals surface area contributed by atoms with E-state index in [1.54, 1.807) is 19.1 Å². The van der Waals surface area contributed by atoms with Gasteiger partial charge < -0.3 is 13.7 Å². The van der Waals surface area contributed by atoms with Gasteiger partial charge >= 0.3 is 16.1 Å². The van der Waals surface area contributed by atoms with E-state index in [0.29, 0.717) is 17.9 Å². The average molecular weight is 334 g/mol. The maximum Gasteiger partial charge on any atom is 0.339 e. The lowest BCUT2D eigenvalue weighted by atomic mass is 10.1. The lowest BCUT2D eigenvalue weighted by molar-refractivity contribution is 0.0599. The Morgan fingerprint density at radius 2 is 2.00 bits per heavy atom. The molecule has 0 fully saturated rings. The molecular weight excluding hydrogens is 320 g/mol. The van der Waals surface area contributed by atoms with Crippen LogP contribution in [-0.4, -0.2) is 21.5 Å². The van der Waals surface area contributed by atoms with Crippen molar-refractivity contribution in [2.24, 2.45) is 0 Å². The molecular formula is C16H14O6S. The number of ether oxygens (including phenoxy) is 2. The van der Waals surface area contributed by atoms with E-state index in [-0.39, 0.29) is 16.2 Å². The van der Waals surface area contributed by atoms with E-state index >= 15 is 0 Å². The summed E-state index contributed by atoms with van der Waals surface area (Å²) in [5.74, 6) is 0.0191. The molecule has 0 saturated carbocycles. The Balaban J connectivity index is 1.96. The largest absolute Gasteiger partial charge is 0.489 e. The molecule has 1 aliphatic rings. The van der Waals surface area contributed by atoms with E-state index in [0.717, 1.165) is 5.56 Å². The molecule has 7 heteroatoms. The molecule has 0 aliphatic carbocycles. The number of hydrogen-bond donors (Lipinski definition) is 0. The highest BCUT2D eigenvalue weighted by molar-refractivity contribution is 7.87. The van der Waals surface area contributed by atoms with Crippen LogP contribution in [0.5, 0.6) is 11.5 Å². The Bertz CT molecular complexity index is 863. The van der Waals surface area contributed by atoms with Crippen LogP contribution >= 0.6 is 0 Å². The smallest absolute Gasteiger partial charge is 0.339 e. The van der Waals surface area contributed by atoms with Crippen LogP contribution < -0.4 is 8.92 Å². The highest BCUT2D eigenvalue weighted by Crippen LogP contribution is 2.30. The van der Waals surface area contributed by atoms with Crippen LogP contribution in [-0.2, 0) is 21.5 Å². The Hall–Kier alpha value is -2.54. The number of esters is 1. The van der Waals surface area contributed by atoms with Crippen LogP contribution in [0.3, 0.4) is 0 Å². The number of carbonyl (C=O) groups is 1. The maximum absolute atomic E-state index is 12.4. The van der Waals surface area contributed by atoms with Gasteiger partial charge in [0.25, 0.3) is 0 Å². The molecule has 0 N–H and O–H groups in total. The van der Waals surface area contributed by atoms with Crippen LogP contribution in [0.2, 0.25) is 0 Å². The first-order valence-corrected chi connectivity index (χ1v) is 8.21. The van der Waals surface area contributed by atoms with Gasteiger partial charge in [-0.15, -0.1) is 0 Å². The monoisotopic (exact) mass is 334 g/mol. The van der Waals surface area contributed by atoms with E-state index in [9.17, 15) is 13.2 Å². The second-order valence-electron chi connectivity index (χ2n) is 5.06. The van der Waals surface area contributed by atoms with Gasteiger partial charge in [0.1, 0.15) is 23.0 Å². The zero-order valence-corrected chi connectivity index (χ0v) is 13.3. The van der Waals surface area contributed by atoms with Crippen LogP contribution in [0.4, 0.5) is 0 Å². The third-order valence-electron chi connectivity index (χ3n) is 3.52. The molecule has 2 aromatic rings. The van der Waals surface area contributed by atoms with Crippen molar-refractivity contribution in [3.63, 3.8) is 0 Å². The van der Waals surface area contributed by atoms with Gasteiger partial charge in [0.15, 0.2) is 0 Å². The van der Waals surface area contributed by atoms with Gasteiger partial charge in [0.05, 0.1) is 12.7 Å². The summed E-state index contributed by atoms with van der Waals surface area (Å²) in [5.41, 5.74) is 1.41. The van der Waals surface area contributed by atoms with E-state index in [2.05, 4.69) is 4.74 Å². The maximum atomic E-state index is 12.4. The number of carbonyl (C=O) groups excluding carboxylic acids is 1. The molecule has 0 atom stereocenters. The number of hydrogen-bond acceptors (Lipinski definition) is 6. The van der Waals surface area contributed by atoms with Gasteiger partial charge in [-0.3, -0.25) is 0 Å². The van der Waals surface area contributed by atoms with E-state index in [1.165, 1.54) is 31.4 Å². The molecule has 23 heavy (non-hydrogen) atoms. The molecule has 0 amide bonds. The van der Waals surface area contributed by atoms with Crippen molar-refractivity contribution in [1.82, 2.24) is 0 Å². The zero-order chi connectivity index (χ0) is 16.6. The predicted octanol–water partition coefficient (Wildman–Crippen LogP) is 2.44. The van der Waals surface area contributed by atoms with Gasteiger partial charge in [-0.2, -0.15) is 8.42 Å². The van der Waals surface area contributed by atoms with Gasteiger partial charge in [0.2, 0.25) is 0 Å². The molecule has 2 bridgehead atoms. The number of fused-ring (bicyclic) bond motifs is 2. The molecule has 120 valence electrons. The van der Waals surface area contributed by atoms with Gasteiger partial charge in [-0.25, -0.2) is 4.79 Å². The summed E-state index contributed by atoms with van der Waals surface area (Å²) in [6, 6.07) is 9.24. The number of methoxy groups -OCH3 is 1. The van der Waals surface area contributed by atoms with Gasteiger partial charge in [-0.05, 0) is 36.8 Å². The molecule has 0 radical (unpaired) electrons. The van der Waals surface area contributed by atoms with Crippen molar-refractivity contribution in [2.45, 2.75) is 18.4 Å². The van der Waals surface area contributed by atoms with Gasteiger partial charge in [0, 0.05) is 11.6 Å². The van der Waals surface area contributed by atoms with Crippen molar-refractivity contribution in [3.8, 4) is 11.5 Å². The molecule has 0 saturated heterocycles. The summed E-state index contributed by atoms with van der Waals surface area (Å²) >= 11 is 0. The minimum absolute atomic E-state index is 0.0189. The molecule has 0 spiro atoms. The number of benzene rings is 2. The summed E-state index contributed by atoms with van der Waals surface area (Å²) in [6.07, 6.45) is 0. The molecule has 6 nitrogen and oxygen atoms in total. The molecule has 3 rings (SSSR count). The first-order chi connectivity index (χ1) is 10.9. The molecule has 0 aromatic heterocycles. The highest BCUT2D eigenvalue weighted by atomic mass is 32.2. The average Bonchev–Trinajstić information content (AvgIpc) is 2.86. The van der Waals surface area contributed by atoms with Crippen molar-refractivity contribution in [2.75, 3.05) is 7.11 Å². The normalized spacial score (nSPS) is 12.6. The first kappa shape index (κ1) is 15.4. The minimum Gasteiger partial charge on any atom is -0.489 e. The third kappa shape index (κ3) is 2.87. The third-order valence-corrected chi connectivity index (χ3v) is 4.73. The summed E-state index contributed by atoms with van der Waals surface area (Å²) in [7, 11) is -2.76. The Kier molecular flexibility index (Phi) is 3.73. The van der Waals surface area contributed by atoms with Crippen LogP contribution in [0.1, 0.15) is 21.5 Å². The van der Waals surface area contributed by atoms with E-state index in [4.69, 9.17) is 8.92 Å². The van der Waals surface area contributed by atoms with Crippen molar-refractivity contribution < 1.29 is 26.9 Å². The van der Waals surface area contributed by atoms with Crippen molar-refractivity contribution in [1.29, 1.82) is 0 Å². The fourth-order valence-corrected chi connectivity index (χ4v) is 3.38. The fourth-order valence-electron chi connectivity index (χ4n) is 2.31. The molecule has 2 aromatic carbocycles. The van der Waals surface area contributed by atoms with Crippen LogP contribution in [0, 0.1) is 6.92 Å². The van der Waals surface area contributed by atoms with Crippen LogP contribution in [0.15, 0.2) is 41.3 Å². The van der Waals surface area contributed by atoms with Crippen LogP contribution in [0.25, 0.3) is 0 Å². The topological polar surface area (TPSA) is 78.9 Å². The Morgan fingerprint density at radius 3 is 2.70 bits per heavy atom. The Morgan fingerprint density at radius 1 is 1.22 bits per heavy atom. The minimum atomic E-state index is -4.02. The molecule has 1 heterocycles. The molecule has 1 aliphatic heterocycles. The van der Waals surface area contributed by atoms with E-state index < -0.39 is 16.1 Å². The predicted molar refractivity (Wildman–Crippen MR) is 81.1 cm³/mol. The van der Waals surface area contributed by atoms with E-state index in [1.807, 2.05) is 0 Å². The summed E-state index contributed by atoms with van der Waals surface area (Å²) in [5, 5.41) is 0. The quantitative estimate of drug-likeness (QED) is 0.631. The lowest BCUT2D eigenvalue weighted by Gasteiger charge is -2.11. The highest BCUT2D eigenvalue weighted by Gasteiger charge is 2.23. The first-order valence-electron chi connectivity index (χ1n) is 6.80. The summed E-state index contributed by atoms with van der Waals surface area (Å²) in [6.45, 7) is 1.95. The van der Waals surface area contributed by atoms with Gasteiger partial charge in [-0.1, -0.05) is 6.07 Å². The SMILES string of the molecule is COC(=O)c1cccc(OS(=O)(=O)c2cc3cc(c2)OC3)c1C. The summed E-state index contributed by atoms with van der Waals surface area (Å²) < 4.78 is 40.0. The Labute approximate surface area is 133 Å². The standard InChI is InChI=1S/C16H14O6S/c1-10-14(16(17)20-2)4-3-5-15(10)22-23(18,19)13-7-11-6-12(8-13)21-9-11/h3-8H,9H2,1-2H3. The van der Waals surface area contributed by atoms with Crippen molar-refractivity contribution in [3.05, 3.63) is 53.1 Å².